The maximum atomic E-state index is 14.1. The number of hydrogen-bond acceptors (Lipinski definition) is 5. The number of aromatic carboxylic acids is 1. The average molecular weight is 433 g/mol. The van der Waals surface area contributed by atoms with Gasteiger partial charge in [0.2, 0.25) is 0 Å². The minimum Gasteiger partial charge on any atom is -0.493 e. The summed E-state index contributed by atoms with van der Waals surface area (Å²) in [5, 5.41) is 9.13. The molecular formula is C16H9F7O6. The van der Waals surface area contributed by atoms with Gasteiger partial charge in [-0.05, 0) is 12.1 Å². The van der Waals surface area contributed by atoms with Crippen molar-refractivity contribution in [2.75, 3.05) is 7.04 Å². The summed E-state index contributed by atoms with van der Waals surface area (Å²) >= 11 is 0. The van der Waals surface area contributed by atoms with Gasteiger partial charge in [-0.15, -0.1) is 26.3 Å². The van der Waals surface area contributed by atoms with Crippen LogP contribution in [0.1, 0.15) is 14.5 Å². The quantitative estimate of drug-likeness (QED) is 0.638. The van der Waals surface area contributed by atoms with E-state index in [1.807, 2.05) is 0 Å². The van der Waals surface area contributed by atoms with Crippen LogP contribution in [-0.4, -0.2) is 30.8 Å². The second-order valence-corrected chi connectivity index (χ2v) is 4.99. The van der Waals surface area contributed by atoms with Crippen LogP contribution in [0.5, 0.6) is 28.7 Å². The van der Waals surface area contributed by atoms with Gasteiger partial charge in [-0.3, -0.25) is 0 Å². The van der Waals surface area contributed by atoms with Gasteiger partial charge in [0.25, 0.3) is 0 Å². The van der Waals surface area contributed by atoms with Crippen molar-refractivity contribution in [3.63, 3.8) is 0 Å². The first kappa shape index (κ1) is 17.7. The maximum absolute atomic E-state index is 14.1. The summed E-state index contributed by atoms with van der Waals surface area (Å²) in [6, 6.07) is 2.05. The molecule has 2 aromatic rings. The largest absolute Gasteiger partial charge is 0.573 e. The Labute approximate surface area is 161 Å². The third-order valence-corrected chi connectivity index (χ3v) is 2.95. The molecule has 0 heterocycles. The molecular weight excluding hydrogens is 421 g/mol. The van der Waals surface area contributed by atoms with Crippen LogP contribution in [0, 0.1) is 5.82 Å². The summed E-state index contributed by atoms with van der Waals surface area (Å²) in [6.45, 7) is 0. The van der Waals surface area contributed by atoms with Gasteiger partial charge in [-0.1, -0.05) is 0 Å². The van der Waals surface area contributed by atoms with Crippen LogP contribution in [0.25, 0.3) is 0 Å². The van der Waals surface area contributed by atoms with Gasteiger partial charge >= 0.3 is 18.7 Å². The number of hydrogen-bond donors (Lipinski definition) is 1. The van der Waals surface area contributed by atoms with Crippen LogP contribution in [0.15, 0.2) is 30.3 Å². The molecule has 158 valence electrons. The van der Waals surface area contributed by atoms with E-state index in [-0.39, 0.29) is 6.07 Å². The van der Waals surface area contributed by atoms with Gasteiger partial charge in [0.05, 0.1) is 11.2 Å². The highest BCUT2D eigenvalue weighted by Crippen LogP contribution is 2.39. The summed E-state index contributed by atoms with van der Waals surface area (Å²) in [6.07, 6.45) is -10.5. The van der Waals surface area contributed by atoms with Crippen molar-refractivity contribution in [2.24, 2.45) is 0 Å². The molecule has 0 unspecified atom stereocenters. The fraction of sp³-hybridized carbons (Fsp3) is 0.188. The normalized spacial score (nSPS) is 13.7. The zero-order chi connectivity index (χ0) is 24.5. The zero-order valence-electron chi connectivity index (χ0n) is 16.5. The molecule has 0 aromatic heterocycles. The lowest BCUT2D eigenvalue weighted by Gasteiger charge is -2.16. The summed E-state index contributed by atoms with van der Waals surface area (Å²) in [5.41, 5.74) is -1.28. The molecule has 0 atom stereocenters. The maximum Gasteiger partial charge on any atom is 0.573 e. The van der Waals surface area contributed by atoms with Crippen molar-refractivity contribution in [3.05, 3.63) is 41.7 Å². The number of methoxy groups -OCH3 is 1. The third kappa shape index (κ3) is 6.05. The van der Waals surface area contributed by atoms with Gasteiger partial charge in [0.15, 0.2) is 11.5 Å². The SMILES string of the molecule is [2H]C([2H])([2H])Oc1cc(OC(F)(F)F)ccc1Oc1cc(OC(F)(F)F)cc(F)c1C(=O)O. The first-order chi connectivity index (χ1) is 14.4. The lowest BCUT2D eigenvalue weighted by Crippen LogP contribution is -2.18. The Hall–Kier alpha value is -3.38. The fourth-order valence-electron chi connectivity index (χ4n) is 2.01. The monoisotopic (exact) mass is 433 g/mol. The van der Waals surface area contributed by atoms with E-state index in [2.05, 4.69) is 14.2 Å². The predicted molar refractivity (Wildman–Crippen MR) is 79.8 cm³/mol. The Morgan fingerprint density at radius 2 is 1.52 bits per heavy atom. The number of carboxylic acids is 1. The molecule has 0 aliphatic carbocycles. The summed E-state index contributed by atoms with van der Waals surface area (Å²) in [7, 11) is -3.25. The highest BCUT2D eigenvalue weighted by atomic mass is 19.4. The zero-order valence-corrected chi connectivity index (χ0v) is 13.5. The standard InChI is InChI=1S/C16H9F7O6/c1-26-11-5-7(28-15(18,19)20)2-3-10(11)27-12-6-8(29-16(21,22)23)4-9(17)13(12)14(24)25/h2-6H,1H3,(H,24,25)/i1D3. The molecule has 0 fully saturated rings. The highest BCUT2D eigenvalue weighted by molar-refractivity contribution is 5.91. The minimum atomic E-state index is -5.29. The molecule has 6 nitrogen and oxygen atoms in total. The van der Waals surface area contributed by atoms with E-state index in [1.165, 1.54) is 0 Å². The van der Waals surface area contributed by atoms with Gasteiger partial charge in [-0.25, -0.2) is 9.18 Å². The Bertz CT molecular complexity index is 1010. The number of ether oxygens (including phenoxy) is 4. The Morgan fingerprint density at radius 1 is 0.931 bits per heavy atom. The van der Waals surface area contributed by atoms with E-state index in [1.54, 1.807) is 0 Å². The van der Waals surface area contributed by atoms with Crippen molar-refractivity contribution in [1.82, 2.24) is 0 Å². The fourth-order valence-corrected chi connectivity index (χ4v) is 2.01. The van der Waals surface area contributed by atoms with E-state index < -0.39 is 65.9 Å². The van der Waals surface area contributed by atoms with Crippen LogP contribution in [0.2, 0.25) is 0 Å². The Balaban J connectivity index is 2.57. The van der Waals surface area contributed by atoms with E-state index in [4.69, 9.17) is 14.0 Å². The number of benzene rings is 2. The molecule has 2 rings (SSSR count). The predicted octanol–water partition coefficient (Wildman–Crippen LogP) is 5.12. The van der Waals surface area contributed by atoms with Crippen LogP contribution in [-0.2, 0) is 0 Å². The van der Waals surface area contributed by atoms with E-state index in [0.717, 1.165) is 0 Å². The van der Waals surface area contributed by atoms with Crippen molar-refractivity contribution < 1.29 is 63.7 Å². The lowest BCUT2D eigenvalue weighted by molar-refractivity contribution is -0.275. The first-order valence-electron chi connectivity index (χ1n) is 8.53. The molecule has 0 radical (unpaired) electrons. The van der Waals surface area contributed by atoms with E-state index >= 15 is 0 Å². The smallest absolute Gasteiger partial charge is 0.493 e. The molecule has 0 aliphatic rings. The third-order valence-electron chi connectivity index (χ3n) is 2.95. The Morgan fingerprint density at radius 3 is 2.07 bits per heavy atom. The molecule has 29 heavy (non-hydrogen) atoms. The van der Waals surface area contributed by atoms with Crippen LogP contribution in [0.4, 0.5) is 30.7 Å². The average Bonchev–Trinajstić information content (AvgIpc) is 2.51. The summed E-state index contributed by atoms with van der Waals surface area (Å²) in [5.74, 6) is -8.76. The first-order valence-corrected chi connectivity index (χ1v) is 7.03. The summed E-state index contributed by atoms with van der Waals surface area (Å²) in [4.78, 5) is 11.3. The van der Waals surface area contributed by atoms with Crippen molar-refractivity contribution in [1.29, 1.82) is 0 Å². The van der Waals surface area contributed by atoms with E-state index in [0.29, 0.717) is 24.3 Å². The molecule has 0 spiro atoms. The molecule has 1 N–H and O–H groups in total. The van der Waals surface area contributed by atoms with Gasteiger partial charge in [0.1, 0.15) is 28.6 Å². The van der Waals surface area contributed by atoms with Gasteiger partial charge in [-0.2, -0.15) is 0 Å². The molecule has 0 amide bonds. The number of alkyl halides is 6. The van der Waals surface area contributed by atoms with Crippen LogP contribution >= 0.6 is 0 Å². The second-order valence-electron chi connectivity index (χ2n) is 4.99. The number of carbonyl (C=O) groups is 1. The van der Waals surface area contributed by atoms with Crippen molar-refractivity contribution in [2.45, 2.75) is 12.7 Å². The topological polar surface area (TPSA) is 74.2 Å². The number of rotatable bonds is 6. The van der Waals surface area contributed by atoms with Crippen LogP contribution < -0.4 is 18.9 Å². The second kappa shape index (κ2) is 7.93. The molecule has 0 saturated carbocycles. The molecule has 0 aliphatic heterocycles. The van der Waals surface area contributed by atoms with E-state index in [9.17, 15) is 35.5 Å². The minimum absolute atomic E-state index is 0.101. The molecule has 0 saturated heterocycles. The van der Waals surface area contributed by atoms with Crippen LogP contribution in [0.3, 0.4) is 0 Å². The lowest BCUT2D eigenvalue weighted by atomic mass is 10.1. The highest BCUT2D eigenvalue weighted by Gasteiger charge is 2.33. The van der Waals surface area contributed by atoms with Gasteiger partial charge in [0, 0.05) is 18.2 Å². The molecule has 2 aromatic carbocycles. The molecule has 13 heteroatoms. The number of carboxylic acid groups (broad SMARTS) is 1. The van der Waals surface area contributed by atoms with Gasteiger partial charge < -0.3 is 24.1 Å². The van der Waals surface area contributed by atoms with Crippen molar-refractivity contribution in [3.8, 4) is 28.7 Å². The van der Waals surface area contributed by atoms with Crippen molar-refractivity contribution >= 4 is 5.97 Å². The Kier molecular flexibility index (Phi) is 4.84. The summed E-state index contributed by atoms with van der Waals surface area (Å²) < 4.78 is 126. The molecule has 0 bridgehead atoms. The number of halogens is 7.